The number of halogens is 2. The fourth-order valence-corrected chi connectivity index (χ4v) is 2.79. The summed E-state index contributed by atoms with van der Waals surface area (Å²) in [5.41, 5.74) is 1.71. The van der Waals surface area contributed by atoms with Crippen LogP contribution in [0.4, 0.5) is 4.39 Å². The van der Waals surface area contributed by atoms with Gasteiger partial charge < -0.3 is 9.84 Å². The molecule has 0 spiro atoms. The maximum absolute atomic E-state index is 13.8. The van der Waals surface area contributed by atoms with Crippen molar-refractivity contribution >= 4 is 29.2 Å². The third kappa shape index (κ3) is 4.74. The van der Waals surface area contributed by atoms with Gasteiger partial charge in [0.05, 0.1) is 10.6 Å². The van der Waals surface area contributed by atoms with Crippen molar-refractivity contribution in [2.75, 3.05) is 0 Å². The molecule has 0 radical (unpaired) electrons. The second-order valence-corrected chi connectivity index (χ2v) is 6.20. The highest BCUT2D eigenvalue weighted by Gasteiger charge is 2.11. The molecule has 0 saturated carbocycles. The van der Waals surface area contributed by atoms with Gasteiger partial charge in [-0.2, -0.15) is 0 Å². The first-order valence-electron chi connectivity index (χ1n) is 8.21. The van der Waals surface area contributed by atoms with Gasteiger partial charge in [0.2, 0.25) is 0 Å². The van der Waals surface area contributed by atoms with Gasteiger partial charge in [-0.05, 0) is 41.5 Å². The Hall–Kier alpha value is -3.11. The van der Waals surface area contributed by atoms with E-state index in [4.69, 9.17) is 16.3 Å². The van der Waals surface area contributed by atoms with Crippen molar-refractivity contribution in [3.8, 4) is 5.75 Å². The van der Waals surface area contributed by atoms with E-state index in [1.54, 1.807) is 60.7 Å². The Labute approximate surface area is 161 Å². The molecule has 5 heteroatoms. The summed E-state index contributed by atoms with van der Waals surface area (Å²) in [6.07, 6.45) is 1.57. The first kappa shape index (κ1) is 18.7. The Kier molecular flexibility index (Phi) is 5.89. The molecule has 0 aromatic heterocycles. The van der Waals surface area contributed by atoms with Crippen LogP contribution in [0.15, 0.2) is 72.8 Å². The molecule has 3 aromatic carbocycles. The molecule has 0 bridgehead atoms. The van der Waals surface area contributed by atoms with E-state index in [0.717, 1.165) is 0 Å². The molecule has 0 fully saturated rings. The van der Waals surface area contributed by atoms with Gasteiger partial charge in [0.1, 0.15) is 18.2 Å². The molecule has 136 valence electrons. The smallest absolute Gasteiger partial charge is 0.336 e. The highest BCUT2D eigenvalue weighted by Crippen LogP contribution is 2.24. The highest BCUT2D eigenvalue weighted by molar-refractivity contribution is 6.31. The molecular formula is C22H16ClFO3. The van der Waals surface area contributed by atoms with Gasteiger partial charge in [0.25, 0.3) is 0 Å². The van der Waals surface area contributed by atoms with Gasteiger partial charge >= 0.3 is 5.97 Å². The summed E-state index contributed by atoms with van der Waals surface area (Å²) in [6.45, 7) is -0.0247. The topological polar surface area (TPSA) is 46.5 Å². The number of ether oxygens (including phenoxy) is 1. The fraction of sp³-hybridized carbons (Fsp3) is 0.0455. The van der Waals surface area contributed by atoms with Crippen LogP contribution >= 0.6 is 11.6 Å². The van der Waals surface area contributed by atoms with E-state index >= 15 is 0 Å². The molecule has 0 amide bonds. The number of carboxylic acids is 1. The van der Waals surface area contributed by atoms with Crippen molar-refractivity contribution in [2.45, 2.75) is 6.61 Å². The molecular weight excluding hydrogens is 367 g/mol. The monoisotopic (exact) mass is 382 g/mol. The van der Waals surface area contributed by atoms with Crippen LogP contribution in [-0.4, -0.2) is 11.1 Å². The second-order valence-electron chi connectivity index (χ2n) is 5.79. The number of carboxylic acid groups (broad SMARTS) is 1. The van der Waals surface area contributed by atoms with Gasteiger partial charge in [-0.3, -0.25) is 0 Å². The lowest BCUT2D eigenvalue weighted by Gasteiger charge is -2.10. The van der Waals surface area contributed by atoms with Gasteiger partial charge in [-0.15, -0.1) is 0 Å². The van der Waals surface area contributed by atoms with Crippen LogP contribution in [0.2, 0.25) is 5.02 Å². The van der Waals surface area contributed by atoms with Crippen molar-refractivity contribution in [1.82, 2.24) is 0 Å². The van der Waals surface area contributed by atoms with E-state index in [0.29, 0.717) is 21.9 Å². The molecule has 0 unspecified atom stereocenters. The molecule has 27 heavy (non-hydrogen) atoms. The van der Waals surface area contributed by atoms with E-state index in [-0.39, 0.29) is 17.7 Å². The summed E-state index contributed by atoms with van der Waals surface area (Å²) in [5.74, 6) is -0.970. The summed E-state index contributed by atoms with van der Waals surface area (Å²) in [5, 5.41) is 9.81. The molecule has 3 aromatic rings. The predicted octanol–water partition coefficient (Wildman–Crippen LogP) is 5.68. The van der Waals surface area contributed by atoms with Crippen LogP contribution in [0.1, 0.15) is 16.7 Å². The van der Waals surface area contributed by atoms with Crippen LogP contribution in [0.3, 0.4) is 0 Å². The van der Waals surface area contributed by atoms with Crippen molar-refractivity contribution in [2.24, 2.45) is 0 Å². The molecule has 0 aliphatic rings. The van der Waals surface area contributed by atoms with Gasteiger partial charge in [0.15, 0.2) is 0 Å². The number of benzene rings is 3. The quantitative estimate of drug-likeness (QED) is 0.440. The zero-order valence-corrected chi connectivity index (χ0v) is 15.0. The van der Waals surface area contributed by atoms with Crippen molar-refractivity contribution in [3.63, 3.8) is 0 Å². The number of carbonyl (C=O) groups is 1. The minimum Gasteiger partial charge on any atom is -0.489 e. The van der Waals surface area contributed by atoms with Crippen molar-refractivity contribution in [3.05, 3.63) is 100 Å². The Balaban J connectivity index is 1.84. The van der Waals surface area contributed by atoms with Gasteiger partial charge in [-0.25, -0.2) is 9.18 Å². The van der Waals surface area contributed by atoms with Crippen LogP contribution in [0.5, 0.6) is 5.75 Å². The summed E-state index contributed by atoms with van der Waals surface area (Å²) in [6, 6.07) is 20.2. The van der Waals surface area contributed by atoms with Crippen molar-refractivity contribution in [1.29, 1.82) is 0 Å². The number of hydrogen-bond acceptors (Lipinski definition) is 2. The Morgan fingerprint density at radius 3 is 2.48 bits per heavy atom. The Morgan fingerprint density at radius 1 is 1.04 bits per heavy atom. The van der Waals surface area contributed by atoms with Crippen LogP contribution in [0.25, 0.3) is 11.6 Å². The number of rotatable bonds is 6. The van der Waals surface area contributed by atoms with E-state index < -0.39 is 11.8 Å². The maximum Gasteiger partial charge on any atom is 0.336 e. The summed E-state index contributed by atoms with van der Waals surface area (Å²) in [7, 11) is 0. The summed E-state index contributed by atoms with van der Waals surface area (Å²) < 4.78 is 19.5. The van der Waals surface area contributed by atoms with E-state index in [2.05, 4.69) is 0 Å². The summed E-state index contributed by atoms with van der Waals surface area (Å²) >= 11 is 6.00. The largest absolute Gasteiger partial charge is 0.489 e. The molecule has 0 saturated heterocycles. The third-order valence-electron chi connectivity index (χ3n) is 3.93. The second kappa shape index (κ2) is 8.52. The van der Waals surface area contributed by atoms with Gasteiger partial charge in [0, 0.05) is 5.56 Å². The zero-order valence-electron chi connectivity index (χ0n) is 14.2. The Morgan fingerprint density at radius 2 is 1.78 bits per heavy atom. The molecule has 0 atom stereocenters. The molecule has 0 aliphatic heterocycles. The molecule has 0 aliphatic carbocycles. The maximum atomic E-state index is 13.8. The molecule has 1 N–H and O–H groups in total. The first-order chi connectivity index (χ1) is 13.0. The SMILES string of the molecule is O=C(O)/C(=C\c1cccc(OCc2c(F)cccc2Cl)c1)c1ccccc1. The number of aliphatic carboxylic acids is 1. The number of hydrogen-bond donors (Lipinski definition) is 1. The minimum atomic E-state index is -1.02. The van der Waals surface area contributed by atoms with E-state index in [1.807, 2.05) is 6.07 Å². The summed E-state index contributed by atoms with van der Waals surface area (Å²) in [4.78, 5) is 11.6. The third-order valence-corrected chi connectivity index (χ3v) is 4.28. The highest BCUT2D eigenvalue weighted by atomic mass is 35.5. The molecule has 3 nitrogen and oxygen atoms in total. The molecule has 3 rings (SSSR count). The lowest BCUT2D eigenvalue weighted by molar-refractivity contribution is -0.130. The molecule has 0 heterocycles. The van der Waals surface area contributed by atoms with Crippen LogP contribution in [-0.2, 0) is 11.4 Å². The van der Waals surface area contributed by atoms with E-state index in [9.17, 15) is 14.3 Å². The van der Waals surface area contributed by atoms with Crippen LogP contribution < -0.4 is 4.74 Å². The minimum absolute atomic E-state index is 0.0247. The lowest BCUT2D eigenvalue weighted by atomic mass is 10.0. The van der Waals surface area contributed by atoms with Crippen molar-refractivity contribution < 1.29 is 19.0 Å². The lowest BCUT2D eigenvalue weighted by Crippen LogP contribution is -2.00. The van der Waals surface area contributed by atoms with E-state index in [1.165, 1.54) is 12.1 Å². The average molecular weight is 383 g/mol. The fourth-order valence-electron chi connectivity index (χ4n) is 2.57. The standard InChI is InChI=1S/C22H16ClFO3/c23-20-10-5-11-21(24)19(20)14-27-17-9-4-6-15(12-17)13-18(22(25)26)16-7-2-1-3-8-16/h1-13H,14H2,(H,25,26)/b18-13-. The zero-order chi connectivity index (χ0) is 19.2. The van der Waals surface area contributed by atoms with Crippen LogP contribution in [0, 0.1) is 5.82 Å². The first-order valence-corrected chi connectivity index (χ1v) is 8.58. The predicted molar refractivity (Wildman–Crippen MR) is 104 cm³/mol. The van der Waals surface area contributed by atoms with Gasteiger partial charge in [-0.1, -0.05) is 60.1 Å². The average Bonchev–Trinajstić information content (AvgIpc) is 2.66. The Bertz CT molecular complexity index is 964. The normalized spacial score (nSPS) is 11.3.